The highest BCUT2D eigenvalue weighted by Gasteiger charge is 2.20. The molecular weight excluding hydrogens is 406 g/mol. The summed E-state index contributed by atoms with van der Waals surface area (Å²) in [5, 5.41) is 1.76. The van der Waals surface area contributed by atoms with Crippen LogP contribution in [0.4, 0.5) is 5.69 Å². The van der Waals surface area contributed by atoms with Gasteiger partial charge in [0.15, 0.2) is 0 Å². The molecule has 128 valence electrons. The van der Waals surface area contributed by atoms with E-state index < -0.39 is 16.0 Å². The Bertz CT molecular complexity index is 1060. The van der Waals surface area contributed by atoms with Crippen molar-refractivity contribution in [3.63, 3.8) is 0 Å². The summed E-state index contributed by atoms with van der Waals surface area (Å²) in [6.45, 7) is 0. The van der Waals surface area contributed by atoms with Crippen LogP contribution in [0.5, 0.6) is 0 Å². The fourth-order valence-electron chi connectivity index (χ4n) is 2.42. The molecular formula is C18H14BrNO4S. The third-order valence-corrected chi connectivity index (χ3v) is 5.52. The van der Waals surface area contributed by atoms with Crippen LogP contribution >= 0.6 is 15.9 Å². The number of hydrogen-bond acceptors (Lipinski definition) is 4. The molecule has 0 aliphatic carbocycles. The Morgan fingerprint density at radius 3 is 2.44 bits per heavy atom. The topological polar surface area (TPSA) is 72.5 Å². The number of carbonyl (C=O) groups excluding carboxylic acids is 1. The monoisotopic (exact) mass is 419 g/mol. The van der Waals surface area contributed by atoms with Gasteiger partial charge in [0.1, 0.15) is 0 Å². The van der Waals surface area contributed by atoms with Crippen LogP contribution in [-0.2, 0) is 14.8 Å². The molecule has 0 radical (unpaired) electrons. The Morgan fingerprint density at radius 1 is 1.00 bits per heavy atom. The summed E-state index contributed by atoms with van der Waals surface area (Å²) in [4.78, 5) is 12.0. The number of ether oxygens (including phenoxy) is 1. The van der Waals surface area contributed by atoms with Gasteiger partial charge in [0.2, 0.25) is 0 Å². The van der Waals surface area contributed by atoms with Crippen LogP contribution in [-0.4, -0.2) is 21.5 Å². The van der Waals surface area contributed by atoms with Crippen LogP contribution in [0.15, 0.2) is 70.0 Å². The van der Waals surface area contributed by atoms with Crippen LogP contribution in [0.1, 0.15) is 10.4 Å². The zero-order valence-electron chi connectivity index (χ0n) is 13.2. The van der Waals surface area contributed by atoms with Crippen LogP contribution < -0.4 is 4.72 Å². The van der Waals surface area contributed by atoms with E-state index >= 15 is 0 Å². The number of methoxy groups -OCH3 is 1. The summed E-state index contributed by atoms with van der Waals surface area (Å²) in [6, 6.07) is 17.0. The van der Waals surface area contributed by atoms with E-state index in [0.29, 0.717) is 4.47 Å². The molecule has 0 saturated carbocycles. The fourth-order valence-corrected chi connectivity index (χ4v) is 3.90. The minimum atomic E-state index is -3.85. The molecule has 0 aromatic heterocycles. The lowest BCUT2D eigenvalue weighted by Gasteiger charge is -2.12. The second kappa shape index (κ2) is 6.85. The fraction of sp³-hybridized carbons (Fsp3) is 0.0556. The van der Waals surface area contributed by atoms with Gasteiger partial charge in [-0.25, -0.2) is 13.2 Å². The Kier molecular flexibility index (Phi) is 4.78. The molecule has 0 fully saturated rings. The number of rotatable bonds is 4. The van der Waals surface area contributed by atoms with Gasteiger partial charge >= 0.3 is 5.97 Å². The van der Waals surface area contributed by atoms with Crippen molar-refractivity contribution in [1.82, 2.24) is 0 Å². The van der Waals surface area contributed by atoms with Gasteiger partial charge in [0, 0.05) is 4.47 Å². The first-order valence-electron chi connectivity index (χ1n) is 7.30. The summed E-state index contributed by atoms with van der Waals surface area (Å²) in [5.41, 5.74) is 0.282. The number of halogens is 1. The van der Waals surface area contributed by atoms with Gasteiger partial charge in [-0.2, -0.15) is 0 Å². The van der Waals surface area contributed by atoms with Gasteiger partial charge in [0.25, 0.3) is 10.0 Å². The molecule has 0 spiro atoms. The van der Waals surface area contributed by atoms with E-state index in [9.17, 15) is 13.2 Å². The van der Waals surface area contributed by atoms with E-state index in [4.69, 9.17) is 4.74 Å². The lowest BCUT2D eigenvalue weighted by molar-refractivity contribution is 0.0602. The first kappa shape index (κ1) is 17.4. The normalized spacial score (nSPS) is 11.3. The Hall–Kier alpha value is -2.38. The van der Waals surface area contributed by atoms with Gasteiger partial charge in [-0.1, -0.05) is 46.3 Å². The molecule has 1 N–H and O–H groups in total. The van der Waals surface area contributed by atoms with Crippen molar-refractivity contribution >= 4 is 48.4 Å². The predicted molar refractivity (Wildman–Crippen MR) is 100 cm³/mol. The number of benzene rings is 3. The number of anilines is 1. The van der Waals surface area contributed by atoms with Crippen molar-refractivity contribution < 1.29 is 17.9 Å². The molecule has 0 aliphatic heterocycles. The average Bonchev–Trinajstić information content (AvgIpc) is 2.62. The van der Waals surface area contributed by atoms with E-state index in [1.807, 2.05) is 24.3 Å². The second-order valence-electron chi connectivity index (χ2n) is 5.30. The summed E-state index contributed by atoms with van der Waals surface area (Å²) in [7, 11) is -2.61. The van der Waals surface area contributed by atoms with Crippen LogP contribution in [0.25, 0.3) is 10.8 Å². The zero-order chi connectivity index (χ0) is 18.0. The minimum Gasteiger partial charge on any atom is -0.465 e. The molecule has 0 bridgehead atoms. The molecule has 0 heterocycles. The van der Waals surface area contributed by atoms with Gasteiger partial charge < -0.3 is 4.74 Å². The van der Waals surface area contributed by atoms with Gasteiger partial charge in [-0.15, -0.1) is 0 Å². The zero-order valence-corrected chi connectivity index (χ0v) is 15.6. The standard InChI is InChI=1S/C18H14BrNO4S/c1-24-18(21)16-11-14(19)7-9-17(16)20-25(22,23)15-8-6-12-4-2-3-5-13(12)10-15/h2-11,20H,1H3. The van der Waals surface area contributed by atoms with E-state index in [0.717, 1.165) is 10.8 Å². The maximum Gasteiger partial charge on any atom is 0.340 e. The maximum absolute atomic E-state index is 12.7. The summed E-state index contributed by atoms with van der Waals surface area (Å²) < 4.78 is 33.3. The van der Waals surface area contributed by atoms with E-state index in [1.54, 1.807) is 18.2 Å². The summed E-state index contributed by atoms with van der Waals surface area (Å²) in [6.07, 6.45) is 0. The number of hydrogen-bond donors (Lipinski definition) is 1. The quantitative estimate of drug-likeness (QED) is 0.643. The SMILES string of the molecule is COC(=O)c1cc(Br)ccc1NS(=O)(=O)c1ccc2ccccc2c1. The van der Waals surface area contributed by atoms with Crippen LogP contribution in [0.2, 0.25) is 0 Å². The Balaban J connectivity index is 2.02. The van der Waals surface area contributed by atoms with E-state index in [2.05, 4.69) is 20.7 Å². The Labute approximate surface area is 153 Å². The lowest BCUT2D eigenvalue weighted by Crippen LogP contribution is -2.16. The molecule has 0 saturated heterocycles. The first-order valence-corrected chi connectivity index (χ1v) is 9.58. The van der Waals surface area contributed by atoms with Gasteiger partial charge in [-0.05, 0) is 41.1 Å². The molecule has 3 rings (SSSR count). The van der Waals surface area contributed by atoms with Gasteiger partial charge in [0.05, 0.1) is 23.3 Å². The second-order valence-corrected chi connectivity index (χ2v) is 7.89. The van der Waals surface area contributed by atoms with E-state index in [1.165, 1.54) is 25.3 Å². The molecule has 25 heavy (non-hydrogen) atoms. The highest BCUT2D eigenvalue weighted by Crippen LogP contribution is 2.26. The summed E-state index contributed by atoms with van der Waals surface area (Å²) in [5.74, 6) is -0.627. The third kappa shape index (κ3) is 3.67. The maximum atomic E-state index is 12.7. The lowest BCUT2D eigenvalue weighted by atomic mass is 10.1. The number of sulfonamides is 1. The van der Waals surface area contributed by atoms with Crippen molar-refractivity contribution in [1.29, 1.82) is 0 Å². The predicted octanol–water partition coefficient (Wildman–Crippen LogP) is 4.19. The molecule has 3 aromatic rings. The van der Waals surface area contributed by atoms with Crippen LogP contribution in [0.3, 0.4) is 0 Å². The highest BCUT2D eigenvalue weighted by atomic mass is 79.9. The van der Waals surface area contributed by atoms with Crippen molar-refractivity contribution in [2.75, 3.05) is 11.8 Å². The van der Waals surface area contributed by atoms with Crippen molar-refractivity contribution in [3.05, 3.63) is 70.7 Å². The van der Waals surface area contributed by atoms with Crippen molar-refractivity contribution in [2.45, 2.75) is 4.90 Å². The number of carbonyl (C=O) groups is 1. The Morgan fingerprint density at radius 2 is 1.72 bits per heavy atom. The highest BCUT2D eigenvalue weighted by molar-refractivity contribution is 9.10. The molecule has 0 aliphatic rings. The van der Waals surface area contributed by atoms with E-state index in [-0.39, 0.29) is 16.1 Å². The minimum absolute atomic E-state index is 0.116. The van der Waals surface area contributed by atoms with Crippen molar-refractivity contribution in [3.8, 4) is 0 Å². The molecule has 7 heteroatoms. The number of nitrogens with one attached hydrogen (secondary N) is 1. The molecule has 0 atom stereocenters. The third-order valence-electron chi connectivity index (χ3n) is 3.66. The number of esters is 1. The first-order chi connectivity index (χ1) is 11.9. The van der Waals surface area contributed by atoms with Gasteiger partial charge in [-0.3, -0.25) is 4.72 Å². The van der Waals surface area contributed by atoms with Crippen molar-refractivity contribution in [2.24, 2.45) is 0 Å². The number of fused-ring (bicyclic) bond motifs is 1. The van der Waals surface area contributed by atoms with Crippen LogP contribution in [0, 0.1) is 0 Å². The molecule has 0 amide bonds. The molecule has 3 aromatic carbocycles. The average molecular weight is 420 g/mol. The summed E-state index contributed by atoms with van der Waals surface area (Å²) >= 11 is 3.26. The largest absolute Gasteiger partial charge is 0.465 e. The molecule has 0 unspecified atom stereocenters. The molecule has 5 nitrogen and oxygen atoms in total. The smallest absolute Gasteiger partial charge is 0.340 e.